The fourth-order valence-corrected chi connectivity index (χ4v) is 3.28. The molecule has 1 aliphatic rings. The van der Waals surface area contributed by atoms with Gasteiger partial charge in [0.05, 0.1) is 7.11 Å². The lowest BCUT2D eigenvalue weighted by atomic mass is 9.95. The smallest absolute Gasteiger partial charge is 0.242 e. The first-order valence-electron chi connectivity index (χ1n) is 9.28. The van der Waals surface area contributed by atoms with Crippen molar-refractivity contribution in [3.63, 3.8) is 0 Å². The summed E-state index contributed by atoms with van der Waals surface area (Å²) in [5.41, 5.74) is 0.986. The summed E-state index contributed by atoms with van der Waals surface area (Å²) in [5.74, 6) is 0.713. The number of amides is 2. The van der Waals surface area contributed by atoms with E-state index in [2.05, 4.69) is 5.32 Å². The molecule has 138 valence electrons. The van der Waals surface area contributed by atoms with Gasteiger partial charge >= 0.3 is 0 Å². The highest BCUT2D eigenvalue weighted by atomic mass is 16.5. The minimum absolute atomic E-state index is 0.0119. The van der Waals surface area contributed by atoms with Gasteiger partial charge in [0.15, 0.2) is 0 Å². The van der Waals surface area contributed by atoms with Gasteiger partial charge in [-0.15, -0.1) is 0 Å². The SMILES string of the molecule is CCC(=O)N(Cc1ccc(OC)cc1)C(C)C(=O)NC1CCCCC1. The van der Waals surface area contributed by atoms with Crippen LogP contribution in [0.1, 0.15) is 57.9 Å². The average Bonchev–Trinajstić information content (AvgIpc) is 2.66. The molecule has 1 aromatic rings. The number of rotatable bonds is 7. The first kappa shape index (κ1) is 19.3. The number of hydrogen-bond donors (Lipinski definition) is 1. The first-order valence-corrected chi connectivity index (χ1v) is 9.28. The Hall–Kier alpha value is -2.04. The molecule has 0 saturated heterocycles. The van der Waals surface area contributed by atoms with Gasteiger partial charge in [-0.1, -0.05) is 38.3 Å². The summed E-state index contributed by atoms with van der Waals surface area (Å²) < 4.78 is 5.17. The van der Waals surface area contributed by atoms with Crippen LogP contribution in [0.5, 0.6) is 5.75 Å². The normalized spacial score (nSPS) is 16.1. The molecule has 1 unspecified atom stereocenters. The Kier molecular flexibility index (Phi) is 7.29. The van der Waals surface area contributed by atoms with Crippen molar-refractivity contribution in [3.8, 4) is 5.75 Å². The Labute approximate surface area is 150 Å². The molecule has 0 heterocycles. The monoisotopic (exact) mass is 346 g/mol. The molecule has 5 heteroatoms. The maximum Gasteiger partial charge on any atom is 0.242 e. The molecule has 5 nitrogen and oxygen atoms in total. The van der Waals surface area contributed by atoms with Crippen LogP contribution in [-0.4, -0.2) is 35.9 Å². The van der Waals surface area contributed by atoms with E-state index in [-0.39, 0.29) is 17.9 Å². The summed E-state index contributed by atoms with van der Waals surface area (Å²) in [7, 11) is 1.62. The number of ether oxygens (including phenoxy) is 1. The van der Waals surface area contributed by atoms with Crippen molar-refractivity contribution in [1.82, 2.24) is 10.2 Å². The van der Waals surface area contributed by atoms with Crippen molar-refractivity contribution in [2.45, 2.75) is 71.0 Å². The minimum Gasteiger partial charge on any atom is -0.497 e. The molecule has 0 aliphatic heterocycles. The second kappa shape index (κ2) is 9.44. The predicted molar refractivity (Wildman–Crippen MR) is 98.3 cm³/mol. The van der Waals surface area contributed by atoms with E-state index in [1.165, 1.54) is 19.3 Å². The third-order valence-corrected chi connectivity index (χ3v) is 4.93. The lowest BCUT2D eigenvalue weighted by Crippen LogP contribution is -2.50. The van der Waals surface area contributed by atoms with Crippen LogP contribution in [-0.2, 0) is 16.1 Å². The van der Waals surface area contributed by atoms with Crippen molar-refractivity contribution in [1.29, 1.82) is 0 Å². The predicted octanol–water partition coefficient (Wildman–Crippen LogP) is 3.27. The van der Waals surface area contributed by atoms with Gasteiger partial charge in [-0.05, 0) is 37.5 Å². The van der Waals surface area contributed by atoms with Gasteiger partial charge in [-0.25, -0.2) is 0 Å². The number of carbonyl (C=O) groups is 2. The lowest BCUT2D eigenvalue weighted by molar-refractivity contribution is -0.140. The zero-order valence-electron chi connectivity index (χ0n) is 15.6. The fourth-order valence-electron chi connectivity index (χ4n) is 3.28. The van der Waals surface area contributed by atoms with Crippen molar-refractivity contribution in [2.75, 3.05) is 7.11 Å². The molecule has 2 rings (SSSR count). The highest BCUT2D eigenvalue weighted by Crippen LogP contribution is 2.19. The van der Waals surface area contributed by atoms with Crippen molar-refractivity contribution >= 4 is 11.8 Å². The van der Waals surface area contributed by atoms with Crippen LogP contribution in [0, 0.1) is 0 Å². The van der Waals surface area contributed by atoms with Crippen LogP contribution in [0.2, 0.25) is 0 Å². The Morgan fingerprint density at radius 1 is 1.20 bits per heavy atom. The number of benzene rings is 1. The Morgan fingerprint density at radius 2 is 1.84 bits per heavy atom. The highest BCUT2D eigenvalue weighted by molar-refractivity contribution is 5.87. The molecule has 1 N–H and O–H groups in total. The molecule has 1 fully saturated rings. The van der Waals surface area contributed by atoms with E-state index in [9.17, 15) is 9.59 Å². The van der Waals surface area contributed by atoms with E-state index >= 15 is 0 Å². The van der Waals surface area contributed by atoms with Gasteiger partial charge in [-0.3, -0.25) is 9.59 Å². The van der Waals surface area contributed by atoms with Crippen LogP contribution in [0.3, 0.4) is 0 Å². The third kappa shape index (κ3) is 5.48. The standard InChI is InChI=1S/C20H30N2O3/c1-4-19(23)22(14-16-10-12-18(25-3)13-11-16)15(2)20(24)21-17-8-6-5-7-9-17/h10-13,15,17H,4-9,14H2,1-3H3,(H,21,24). The highest BCUT2D eigenvalue weighted by Gasteiger charge is 2.27. The molecule has 0 radical (unpaired) electrons. The second-order valence-electron chi connectivity index (χ2n) is 6.74. The van der Waals surface area contributed by atoms with Crippen molar-refractivity contribution in [2.24, 2.45) is 0 Å². The van der Waals surface area contributed by atoms with E-state index in [1.807, 2.05) is 38.1 Å². The van der Waals surface area contributed by atoms with Crippen LogP contribution < -0.4 is 10.1 Å². The zero-order chi connectivity index (χ0) is 18.2. The van der Waals surface area contributed by atoms with Crippen LogP contribution in [0.25, 0.3) is 0 Å². The molecule has 25 heavy (non-hydrogen) atoms. The zero-order valence-corrected chi connectivity index (χ0v) is 15.6. The van der Waals surface area contributed by atoms with Gasteiger partial charge in [0.1, 0.15) is 11.8 Å². The molecule has 0 spiro atoms. The van der Waals surface area contributed by atoms with Gasteiger partial charge in [0.25, 0.3) is 0 Å². The third-order valence-electron chi connectivity index (χ3n) is 4.93. The summed E-state index contributed by atoms with van der Waals surface area (Å²) in [4.78, 5) is 26.7. The number of nitrogens with zero attached hydrogens (tertiary/aromatic N) is 1. The van der Waals surface area contributed by atoms with E-state index in [0.29, 0.717) is 13.0 Å². The molecular formula is C20H30N2O3. The Bertz CT molecular complexity index is 565. The molecule has 1 aromatic carbocycles. The second-order valence-corrected chi connectivity index (χ2v) is 6.74. The van der Waals surface area contributed by atoms with Gasteiger partial charge < -0.3 is 15.0 Å². The van der Waals surface area contributed by atoms with Crippen LogP contribution in [0.4, 0.5) is 0 Å². The van der Waals surface area contributed by atoms with E-state index < -0.39 is 6.04 Å². The van der Waals surface area contributed by atoms with Crippen LogP contribution >= 0.6 is 0 Å². The van der Waals surface area contributed by atoms with Gasteiger partial charge in [0.2, 0.25) is 11.8 Å². The molecule has 1 aliphatic carbocycles. The number of nitrogens with one attached hydrogen (secondary N) is 1. The number of hydrogen-bond acceptors (Lipinski definition) is 3. The Morgan fingerprint density at radius 3 is 2.40 bits per heavy atom. The molecule has 1 atom stereocenters. The molecule has 0 aromatic heterocycles. The fraction of sp³-hybridized carbons (Fsp3) is 0.600. The number of carbonyl (C=O) groups excluding carboxylic acids is 2. The summed E-state index contributed by atoms with van der Waals surface area (Å²) in [6.07, 6.45) is 6.06. The minimum atomic E-state index is -0.475. The lowest BCUT2D eigenvalue weighted by Gasteiger charge is -2.31. The topological polar surface area (TPSA) is 58.6 Å². The summed E-state index contributed by atoms with van der Waals surface area (Å²) in [6.45, 7) is 4.07. The van der Waals surface area contributed by atoms with E-state index in [0.717, 1.165) is 24.2 Å². The molecule has 1 saturated carbocycles. The Balaban J connectivity index is 2.03. The first-order chi connectivity index (χ1) is 12.0. The summed E-state index contributed by atoms with van der Waals surface area (Å²) >= 11 is 0. The van der Waals surface area contributed by atoms with E-state index in [4.69, 9.17) is 4.74 Å². The largest absolute Gasteiger partial charge is 0.497 e. The quantitative estimate of drug-likeness (QED) is 0.824. The maximum atomic E-state index is 12.6. The maximum absolute atomic E-state index is 12.6. The summed E-state index contributed by atoms with van der Waals surface area (Å²) in [5, 5.41) is 3.13. The van der Waals surface area contributed by atoms with Crippen molar-refractivity contribution in [3.05, 3.63) is 29.8 Å². The molecular weight excluding hydrogens is 316 g/mol. The van der Waals surface area contributed by atoms with Gasteiger partial charge in [-0.2, -0.15) is 0 Å². The number of methoxy groups -OCH3 is 1. The average molecular weight is 346 g/mol. The van der Waals surface area contributed by atoms with Crippen molar-refractivity contribution < 1.29 is 14.3 Å². The van der Waals surface area contributed by atoms with Gasteiger partial charge in [0, 0.05) is 19.0 Å². The summed E-state index contributed by atoms with van der Waals surface area (Å²) in [6, 6.07) is 7.38. The van der Waals surface area contributed by atoms with Crippen LogP contribution in [0.15, 0.2) is 24.3 Å². The molecule has 2 amide bonds. The van der Waals surface area contributed by atoms with E-state index in [1.54, 1.807) is 12.0 Å². The molecule has 0 bridgehead atoms.